The van der Waals surface area contributed by atoms with Gasteiger partial charge in [-0.15, -0.1) is 0 Å². The van der Waals surface area contributed by atoms with E-state index >= 15 is 0 Å². The molecule has 2 aromatic carbocycles. The van der Waals surface area contributed by atoms with Crippen molar-refractivity contribution in [3.05, 3.63) is 70.9 Å². The lowest BCUT2D eigenvalue weighted by atomic mass is 10.2. The van der Waals surface area contributed by atoms with Crippen molar-refractivity contribution in [2.75, 3.05) is 21.3 Å². The van der Waals surface area contributed by atoms with Crippen molar-refractivity contribution in [2.45, 2.75) is 4.90 Å². The third kappa shape index (κ3) is 8.50. The maximum atomic E-state index is 12.6. The SMILES string of the molecule is C=C(/C=C\C(=NC)NS(=O)(=O)c1ccc([NH+]=Cc2cc(Br)cc(N=S)c2O)cc1)OC.CO. The maximum absolute atomic E-state index is 12.6. The van der Waals surface area contributed by atoms with Gasteiger partial charge in [-0.25, -0.2) is 13.4 Å². The summed E-state index contributed by atoms with van der Waals surface area (Å²) >= 11 is 7.98. The molecule has 0 aliphatic rings. The second kappa shape index (κ2) is 13.6. The van der Waals surface area contributed by atoms with Gasteiger partial charge in [0.1, 0.15) is 17.3 Å². The number of phenols is 1. The van der Waals surface area contributed by atoms with Crippen LogP contribution in [-0.4, -0.2) is 51.9 Å². The average molecular weight is 556 g/mol. The van der Waals surface area contributed by atoms with Crippen molar-refractivity contribution in [3.8, 4) is 5.75 Å². The summed E-state index contributed by atoms with van der Waals surface area (Å²) in [6.45, 7) is 3.62. The van der Waals surface area contributed by atoms with Gasteiger partial charge in [0.15, 0.2) is 12.0 Å². The molecule has 33 heavy (non-hydrogen) atoms. The van der Waals surface area contributed by atoms with E-state index in [0.717, 1.165) is 7.11 Å². The summed E-state index contributed by atoms with van der Waals surface area (Å²) < 4.78 is 36.8. The highest BCUT2D eigenvalue weighted by Gasteiger charge is 2.16. The Morgan fingerprint density at radius 1 is 1.24 bits per heavy atom. The number of nitrogens with one attached hydrogen (secondary N) is 2. The van der Waals surface area contributed by atoms with E-state index in [9.17, 15) is 13.5 Å². The summed E-state index contributed by atoms with van der Waals surface area (Å²) in [6.07, 6.45) is 4.50. The number of phenolic OH excluding ortho intramolecular Hbond substituents is 1. The molecule has 0 fully saturated rings. The van der Waals surface area contributed by atoms with Crippen molar-refractivity contribution in [1.82, 2.24) is 4.72 Å². The first-order valence-corrected chi connectivity index (χ1v) is 11.7. The van der Waals surface area contributed by atoms with Crippen LogP contribution in [0.5, 0.6) is 5.75 Å². The lowest BCUT2D eigenvalue weighted by Crippen LogP contribution is -2.61. The van der Waals surface area contributed by atoms with E-state index in [1.54, 1.807) is 30.5 Å². The van der Waals surface area contributed by atoms with E-state index in [4.69, 9.17) is 9.84 Å². The van der Waals surface area contributed by atoms with Crippen LogP contribution in [0.2, 0.25) is 0 Å². The van der Waals surface area contributed by atoms with Crippen LogP contribution < -0.4 is 9.71 Å². The monoisotopic (exact) mass is 555 g/mol. The predicted molar refractivity (Wildman–Crippen MR) is 135 cm³/mol. The zero-order valence-corrected chi connectivity index (χ0v) is 21.3. The number of sulfonamides is 1. The van der Waals surface area contributed by atoms with Gasteiger partial charge in [-0.2, -0.15) is 4.36 Å². The fourth-order valence-electron chi connectivity index (χ4n) is 2.27. The Labute approximate surface area is 206 Å². The molecule has 0 unspecified atom stereocenters. The number of halogens is 1. The Morgan fingerprint density at radius 3 is 2.42 bits per heavy atom. The minimum absolute atomic E-state index is 0.0515. The van der Waals surface area contributed by atoms with Gasteiger partial charge < -0.3 is 14.9 Å². The second-order valence-corrected chi connectivity index (χ2v) is 8.77. The summed E-state index contributed by atoms with van der Waals surface area (Å²) in [6, 6.07) is 9.34. The van der Waals surface area contributed by atoms with Crippen LogP contribution in [0, 0.1) is 0 Å². The van der Waals surface area contributed by atoms with Crippen molar-refractivity contribution >= 4 is 61.8 Å². The molecule has 0 radical (unpaired) electrons. The molecule has 0 bridgehead atoms. The van der Waals surface area contributed by atoms with E-state index in [0.29, 0.717) is 21.5 Å². The van der Waals surface area contributed by atoms with Crippen LogP contribution >= 0.6 is 15.9 Å². The van der Waals surface area contributed by atoms with Crippen LogP contribution in [0.25, 0.3) is 0 Å². The summed E-state index contributed by atoms with van der Waals surface area (Å²) in [5.41, 5.74) is 1.34. The molecule has 0 atom stereocenters. The number of aliphatic hydroxyl groups excluding tert-OH is 1. The Bertz CT molecular complexity index is 1180. The van der Waals surface area contributed by atoms with Crippen LogP contribution in [0.1, 0.15) is 5.56 Å². The number of aromatic hydroxyl groups is 1. The Morgan fingerprint density at radius 2 is 1.88 bits per heavy atom. The third-order valence-corrected chi connectivity index (χ3v) is 5.94. The first-order chi connectivity index (χ1) is 15.7. The number of methoxy groups -OCH3 is 1. The van der Waals surface area contributed by atoms with Gasteiger partial charge in [0.05, 0.1) is 17.6 Å². The Balaban J connectivity index is 0.00000265. The summed E-state index contributed by atoms with van der Waals surface area (Å²) in [4.78, 5) is 6.94. The zero-order chi connectivity index (χ0) is 25.0. The van der Waals surface area contributed by atoms with Gasteiger partial charge in [-0.05, 0) is 36.4 Å². The molecule has 176 valence electrons. The van der Waals surface area contributed by atoms with E-state index in [-0.39, 0.29) is 22.2 Å². The Hall–Kier alpha value is -2.93. The highest BCUT2D eigenvalue weighted by atomic mass is 79.9. The molecule has 4 N–H and O–H groups in total. The number of aliphatic imine (C=N–C) groups is 1. The second-order valence-electron chi connectivity index (χ2n) is 5.99. The van der Waals surface area contributed by atoms with E-state index < -0.39 is 10.0 Å². The molecule has 0 heterocycles. The van der Waals surface area contributed by atoms with Crippen LogP contribution in [0.3, 0.4) is 0 Å². The van der Waals surface area contributed by atoms with Crippen LogP contribution in [-0.2, 0) is 27.2 Å². The summed E-state index contributed by atoms with van der Waals surface area (Å²) in [5.74, 6) is 0.420. The molecule has 2 rings (SSSR count). The number of allylic oxidation sites excluding steroid dienone is 1. The molecular formula is C21H24BrN4O5S2+. The number of hydrogen-bond donors (Lipinski definition) is 4. The van der Waals surface area contributed by atoms with Gasteiger partial charge in [-0.1, -0.05) is 22.5 Å². The standard InChI is InChI=1S/C20H19BrN4O4S2.CH4O/c1-13(29-3)4-9-19(22-2)25-31(27,28)17-7-5-16(6-8-17)23-12-14-10-15(21)11-18(24-30)20(14)26;1-2/h4-12,26H,1H2,2-3H3,(H,22,25);2H,1H3/p+1/b9-4-,23-12?;. The molecule has 0 saturated carbocycles. The molecule has 0 aliphatic heterocycles. The van der Waals surface area contributed by atoms with Crippen molar-refractivity contribution < 1.29 is 28.4 Å². The fraction of sp³-hybridized carbons (Fsp3) is 0.143. The number of hydrogen-bond acceptors (Lipinski definition) is 8. The van der Waals surface area contributed by atoms with Crippen molar-refractivity contribution in [3.63, 3.8) is 0 Å². The maximum Gasteiger partial charge on any atom is 0.263 e. The molecule has 0 amide bonds. The van der Waals surface area contributed by atoms with Crippen molar-refractivity contribution in [1.29, 1.82) is 0 Å². The molecular weight excluding hydrogens is 532 g/mol. The normalized spacial score (nSPS) is 11.7. The van der Waals surface area contributed by atoms with E-state index in [2.05, 4.69) is 54.0 Å². The van der Waals surface area contributed by atoms with Crippen LogP contribution in [0.15, 0.2) is 79.6 Å². The van der Waals surface area contributed by atoms with Gasteiger partial charge >= 0.3 is 0 Å². The third-order valence-electron chi connectivity index (χ3n) is 3.91. The minimum Gasteiger partial charge on any atom is -0.505 e. The number of nitrogens with zero attached hydrogens (tertiary/aromatic N) is 2. The lowest BCUT2D eigenvalue weighted by molar-refractivity contribution is -0.346. The molecule has 0 aromatic heterocycles. The molecule has 0 spiro atoms. The molecule has 0 aliphatic carbocycles. The quantitative estimate of drug-likeness (QED) is 0.170. The topological polar surface area (TPSA) is 135 Å². The lowest BCUT2D eigenvalue weighted by Gasteiger charge is -2.07. The van der Waals surface area contributed by atoms with Gasteiger partial charge in [0.25, 0.3) is 10.0 Å². The van der Waals surface area contributed by atoms with Gasteiger partial charge in [0, 0.05) is 43.2 Å². The zero-order valence-electron chi connectivity index (χ0n) is 18.1. The number of amidine groups is 1. The van der Waals surface area contributed by atoms with Gasteiger partial charge in [0.2, 0.25) is 5.69 Å². The smallest absolute Gasteiger partial charge is 0.263 e. The van der Waals surface area contributed by atoms with Gasteiger partial charge in [-0.3, -0.25) is 9.71 Å². The largest absolute Gasteiger partial charge is 0.505 e. The summed E-state index contributed by atoms with van der Waals surface area (Å²) in [7, 11) is 0.0752. The van der Waals surface area contributed by atoms with Crippen LogP contribution in [0.4, 0.5) is 11.4 Å². The number of ether oxygens (including phenoxy) is 1. The molecule has 12 heteroatoms. The molecule has 0 saturated heterocycles. The van der Waals surface area contributed by atoms with E-state index in [1.165, 1.54) is 38.4 Å². The number of rotatable bonds is 8. The molecule has 2 aromatic rings. The first kappa shape index (κ1) is 28.1. The Kier molecular flexibility index (Phi) is 11.6. The predicted octanol–water partition coefficient (Wildman–Crippen LogP) is 1.98. The summed E-state index contributed by atoms with van der Waals surface area (Å²) in [5, 5.41) is 17.2. The first-order valence-electron chi connectivity index (χ1n) is 9.11. The fourth-order valence-corrected chi connectivity index (χ4v) is 3.92. The average Bonchev–Trinajstić information content (AvgIpc) is 2.83. The van der Waals surface area contributed by atoms with E-state index in [1.807, 2.05) is 0 Å². The molecule has 9 nitrogen and oxygen atoms in total. The number of aliphatic hydroxyl groups is 1. The number of benzene rings is 2. The minimum atomic E-state index is -3.84. The highest BCUT2D eigenvalue weighted by molar-refractivity contribution is 9.10. The highest BCUT2D eigenvalue weighted by Crippen LogP contribution is 2.32. The van der Waals surface area contributed by atoms with Crippen molar-refractivity contribution in [2.24, 2.45) is 9.36 Å².